The molecule has 1 aliphatic rings. The molecule has 0 radical (unpaired) electrons. The molecule has 5 nitrogen and oxygen atoms in total. The highest BCUT2D eigenvalue weighted by molar-refractivity contribution is 5.96. The molecule has 0 saturated carbocycles. The first-order valence-corrected chi connectivity index (χ1v) is 6.02. The number of aromatic amines is 1. The third-order valence-electron chi connectivity index (χ3n) is 3.08. The van der Waals surface area contributed by atoms with Crippen LogP contribution in [0.4, 0.5) is 0 Å². The second-order valence-corrected chi connectivity index (χ2v) is 4.60. The van der Waals surface area contributed by atoms with Crippen LogP contribution in [-0.2, 0) is 4.74 Å². The van der Waals surface area contributed by atoms with Gasteiger partial charge in [0.1, 0.15) is 0 Å². The normalized spacial score (nSPS) is 21.4. The number of ether oxygens (including phenoxy) is 1. The Morgan fingerprint density at radius 1 is 1.53 bits per heavy atom. The number of aromatic nitrogens is 2. The van der Waals surface area contributed by atoms with Crippen LogP contribution in [0.15, 0.2) is 0 Å². The van der Waals surface area contributed by atoms with Gasteiger partial charge in [0.25, 0.3) is 5.91 Å². The predicted octanol–water partition coefficient (Wildman–Crippen LogP) is 1.28. The highest BCUT2D eigenvalue weighted by Crippen LogP contribution is 2.15. The topological polar surface area (TPSA) is 58.2 Å². The third-order valence-corrected chi connectivity index (χ3v) is 3.08. The Balaban J connectivity index is 2.19. The lowest BCUT2D eigenvalue weighted by Gasteiger charge is -2.22. The maximum absolute atomic E-state index is 12.4. The molecular formula is C12H19N3O2. The van der Waals surface area contributed by atoms with Crippen molar-refractivity contribution in [1.29, 1.82) is 0 Å². The van der Waals surface area contributed by atoms with Crippen LogP contribution in [0.2, 0.25) is 0 Å². The van der Waals surface area contributed by atoms with Gasteiger partial charge >= 0.3 is 0 Å². The highest BCUT2D eigenvalue weighted by Gasteiger charge is 2.24. The van der Waals surface area contributed by atoms with Gasteiger partial charge in [-0.05, 0) is 27.2 Å². The fourth-order valence-electron chi connectivity index (χ4n) is 2.20. The van der Waals surface area contributed by atoms with Crippen LogP contribution in [0.5, 0.6) is 0 Å². The van der Waals surface area contributed by atoms with E-state index in [4.69, 9.17) is 4.74 Å². The van der Waals surface area contributed by atoms with E-state index in [1.165, 1.54) is 0 Å². The van der Waals surface area contributed by atoms with Gasteiger partial charge in [0.15, 0.2) is 0 Å². The van der Waals surface area contributed by atoms with E-state index >= 15 is 0 Å². The first-order chi connectivity index (χ1) is 8.09. The van der Waals surface area contributed by atoms with Gasteiger partial charge in [0, 0.05) is 25.4 Å². The van der Waals surface area contributed by atoms with Crippen molar-refractivity contribution in [3.63, 3.8) is 0 Å². The fraction of sp³-hybridized carbons (Fsp3) is 0.667. The smallest absolute Gasteiger partial charge is 0.257 e. The number of carbonyl (C=O) groups excluding carboxylic acids is 1. The molecule has 94 valence electrons. The SMILES string of the molecule is Cc1n[nH]c(C)c1C(=O)N1CCCOC(C)C1. The van der Waals surface area contributed by atoms with Crippen LogP contribution in [0.25, 0.3) is 0 Å². The number of amides is 1. The monoisotopic (exact) mass is 237 g/mol. The van der Waals surface area contributed by atoms with Gasteiger partial charge in [-0.15, -0.1) is 0 Å². The number of hydrogen-bond donors (Lipinski definition) is 1. The molecule has 1 amide bonds. The van der Waals surface area contributed by atoms with Crippen LogP contribution in [0.3, 0.4) is 0 Å². The molecule has 5 heteroatoms. The first-order valence-electron chi connectivity index (χ1n) is 6.02. The minimum absolute atomic E-state index is 0.0612. The second kappa shape index (κ2) is 4.87. The Bertz CT molecular complexity index is 394. The molecule has 1 atom stereocenters. The van der Waals surface area contributed by atoms with Crippen LogP contribution in [0, 0.1) is 13.8 Å². The summed E-state index contributed by atoms with van der Waals surface area (Å²) < 4.78 is 5.54. The van der Waals surface area contributed by atoms with Gasteiger partial charge in [0.05, 0.1) is 17.4 Å². The zero-order valence-corrected chi connectivity index (χ0v) is 10.6. The molecule has 0 bridgehead atoms. The van der Waals surface area contributed by atoms with Crippen LogP contribution < -0.4 is 0 Å². The number of nitrogens with zero attached hydrogens (tertiary/aromatic N) is 2. The standard InChI is InChI=1S/C12H19N3O2/c1-8-7-15(5-4-6-17-8)12(16)11-9(2)13-14-10(11)3/h8H,4-7H2,1-3H3,(H,13,14). The molecule has 1 N–H and O–H groups in total. The summed E-state index contributed by atoms with van der Waals surface area (Å²) in [6, 6.07) is 0. The van der Waals surface area contributed by atoms with Crippen molar-refractivity contribution >= 4 is 5.91 Å². The number of aryl methyl sites for hydroxylation is 2. The summed E-state index contributed by atoms with van der Waals surface area (Å²) in [5, 5.41) is 6.93. The van der Waals surface area contributed by atoms with Gasteiger partial charge in [-0.3, -0.25) is 9.89 Å². The molecular weight excluding hydrogens is 218 g/mol. The fourth-order valence-corrected chi connectivity index (χ4v) is 2.20. The maximum Gasteiger partial charge on any atom is 0.257 e. The zero-order valence-electron chi connectivity index (χ0n) is 10.6. The van der Waals surface area contributed by atoms with Crippen molar-refractivity contribution in [2.45, 2.75) is 33.3 Å². The van der Waals surface area contributed by atoms with E-state index in [-0.39, 0.29) is 12.0 Å². The number of H-pyrrole nitrogens is 1. The van der Waals surface area contributed by atoms with Gasteiger partial charge in [-0.1, -0.05) is 0 Å². The summed E-state index contributed by atoms with van der Waals surface area (Å²) in [5.74, 6) is 0.0612. The molecule has 1 saturated heterocycles. The van der Waals surface area contributed by atoms with E-state index < -0.39 is 0 Å². The predicted molar refractivity (Wildman–Crippen MR) is 64.0 cm³/mol. The molecule has 2 heterocycles. The molecule has 2 rings (SSSR count). The van der Waals surface area contributed by atoms with Crippen LogP contribution in [-0.4, -0.2) is 46.8 Å². The van der Waals surface area contributed by atoms with Crippen molar-refractivity contribution in [2.24, 2.45) is 0 Å². The summed E-state index contributed by atoms with van der Waals surface area (Å²) in [6.07, 6.45) is 1.00. The van der Waals surface area contributed by atoms with Gasteiger partial charge < -0.3 is 9.64 Å². The Morgan fingerprint density at radius 2 is 2.29 bits per heavy atom. The van der Waals surface area contributed by atoms with Crippen molar-refractivity contribution in [2.75, 3.05) is 19.7 Å². The lowest BCUT2D eigenvalue weighted by atomic mass is 10.1. The lowest BCUT2D eigenvalue weighted by Crippen LogP contribution is -2.36. The van der Waals surface area contributed by atoms with E-state index in [9.17, 15) is 4.79 Å². The summed E-state index contributed by atoms with van der Waals surface area (Å²) in [4.78, 5) is 14.3. The van der Waals surface area contributed by atoms with Crippen molar-refractivity contribution in [3.8, 4) is 0 Å². The number of hydrogen-bond acceptors (Lipinski definition) is 3. The summed E-state index contributed by atoms with van der Waals surface area (Å²) in [5.41, 5.74) is 2.31. The molecule has 1 aromatic heterocycles. The first kappa shape index (κ1) is 12.1. The average Bonchev–Trinajstić information content (AvgIpc) is 2.51. The highest BCUT2D eigenvalue weighted by atomic mass is 16.5. The third kappa shape index (κ3) is 2.49. The number of carbonyl (C=O) groups is 1. The largest absolute Gasteiger partial charge is 0.377 e. The van der Waals surface area contributed by atoms with E-state index in [0.717, 1.165) is 31.0 Å². The Hall–Kier alpha value is -1.36. The molecule has 17 heavy (non-hydrogen) atoms. The van der Waals surface area contributed by atoms with E-state index in [1.807, 2.05) is 25.7 Å². The second-order valence-electron chi connectivity index (χ2n) is 4.60. The zero-order chi connectivity index (χ0) is 12.4. The minimum Gasteiger partial charge on any atom is -0.377 e. The molecule has 1 unspecified atom stereocenters. The van der Waals surface area contributed by atoms with E-state index in [1.54, 1.807) is 0 Å². The maximum atomic E-state index is 12.4. The average molecular weight is 237 g/mol. The van der Waals surface area contributed by atoms with E-state index in [2.05, 4.69) is 10.2 Å². The molecule has 1 fully saturated rings. The van der Waals surface area contributed by atoms with Crippen molar-refractivity contribution in [3.05, 3.63) is 17.0 Å². The Kier molecular flexibility index (Phi) is 3.47. The molecule has 1 aliphatic heterocycles. The molecule has 0 spiro atoms. The molecule has 0 aromatic carbocycles. The van der Waals surface area contributed by atoms with E-state index in [0.29, 0.717) is 12.1 Å². The van der Waals surface area contributed by atoms with Gasteiger partial charge in [0.2, 0.25) is 0 Å². The Labute approximate surface area is 101 Å². The van der Waals surface area contributed by atoms with Crippen LogP contribution in [0.1, 0.15) is 35.1 Å². The van der Waals surface area contributed by atoms with Gasteiger partial charge in [-0.2, -0.15) is 5.10 Å². The Morgan fingerprint density at radius 3 is 2.94 bits per heavy atom. The number of rotatable bonds is 1. The minimum atomic E-state index is 0.0612. The summed E-state index contributed by atoms with van der Waals surface area (Å²) in [6.45, 7) is 7.88. The quantitative estimate of drug-likeness (QED) is 0.800. The number of nitrogens with one attached hydrogen (secondary N) is 1. The van der Waals surface area contributed by atoms with Crippen molar-refractivity contribution in [1.82, 2.24) is 15.1 Å². The molecule has 1 aromatic rings. The van der Waals surface area contributed by atoms with Crippen molar-refractivity contribution < 1.29 is 9.53 Å². The molecule has 0 aliphatic carbocycles. The van der Waals surface area contributed by atoms with Gasteiger partial charge in [-0.25, -0.2) is 0 Å². The summed E-state index contributed by atoms with van der Waals surface area (Å²) in [7, 11) is 0. The summed E-state index contributed by atoms with van der Waals surface area (Å²) >= 11 is 0. The van der Waals surface area contributed by atoms with Crippen LogP contribution >= 0.6 is 0 Å². The lowest BCUT2D eigenvalue weighted by molar-refractivity contribution is 0.0562.